The Morgan fingerprint density at radius 3 is 2.38 bits per heavy atom. The molecule has 2 aromatic rings. The molecule has 0 saturated carbocycles. The third-order valence-corrected chi connectivity index (χ3v) is 7.44. The van der Waals surface area contributed by atoms with Crippen LogP contribution in [0.15, 0.2) is 52.3 Å². The van der Waals surface area contributed by atoms with Crippen LogP contribution in [0.2, 0.25) is 5.02 Å². The summed E-state index contributed by atoms with van der Waals surface area (Å²) in [7, 11) is -3.45. The minimum Gasteiger partial charge on any atom is -0.475 e. The van der Waals surface area contributed by atoms with Crippen molar-refractivity contribution in [2.75, 3.05) is 25.4 Å². The molecule has 0 aliphatic carbocycles. The van der Waals surface area contributed by atoms with Crippen molar-refractivity contribution in [3.05, 3.63) is 58.6 Å². The third-order valence-electron chi connectivity index (χ3n) is 4.37. The predicted octanol–water partition coefficient (Wildman–Crippen LogP) is 3.73. The van der Waals surface area contributed by atoms with Crippen LogP contribution in [-0.2, 0) is 27.7 Å². The van der Waals surface area contributed by atoms with Crippen LogP contribution in [0, 0.1) is 0 Å². The average molecular weight is 511 g/mol. The lowest BCUT2D eigenvalue weighted by atomic mass is 10.0. The Kier molecular flexibility index (Phi) is 9.83. The number of aliphatic carboxylic acids is 1. The highest BCUT2D eigenvalue weighted by Crippen LogP contribution is 2.34. The number of carboxylic acid groups (broad SMARTS) is 1. The van der Waals surface area contributed by atoms with E-state index >= 15 is 0 Å². The number of carboxylic acids is 1. The zero-order valence-electron chi connectivity index (χ0n) is 16.8. The number of alkyl halides is 3. The number of nitrogens with one attached hydrogen (secondary N) is 2. The molecular weight excluding hydrogens is 489 g/mol. The van der Waals surface area contributed by atoms with Crippen molar-refractivity contribution in [3.8, 4) is 0 Å². The summed E-state index contributed by atoms with van der Waals surface area (Å²) in [4.78, 5) is 10.3. The van der Waals surface area contributed by atoms with E-state index in [0.717, 1.165) is 35.8 Å². The van der Waals surface area contributed by atoms with Crippen LogP contribution in [0.5, 0.6) is 0 Å². The molecular formula is C20H22ClF3N2O4S2. The van der Waals surface area contributed by atoms with E-state index in [1.54, 1.807) is 42.1 Å². The summed E-state index contributed by atoms with van der Waals surface area (Å²) < 4.78 is 58.9. The van der Waals surface area contributed by atoms with Gasteiger partial charge >= 0.3 is 12.1 Å². The first-order chi connectivity index (χ1) is 15.0. The lowest BCUT2D eigenvalue weighted by Crippen LogP contribution is -2.26. The summed E-state index contributed by atoms with van der Waals surface area (Å²) in [5.41, 5.74) is 2.63. The Labute approximate surface area is 193 Å². The lowest BCUT2D eigenvalue weighted by molar-refractivity contribution is -0.192. The summed E-state index contributed by atoms with van der Waals surface area (Å²) in [5.74, 6) is -2.12. The van der Waals surface area contributed by atoms with Crippen LogP contribution in [0.1, 0.15) is 11.1 Å². The van der Waals surface area contributed by atoms with Gasteiger partial charge in [0.15, 0.2) is 0 Å². The van der Waals surface area contributed by atoms with Gasteiger partial charge in [0.25, 0.3) is 0 Å². The van der Waals surface area contributed by atoms with E-state index in [2.05, 4.69) is 16.1 Å². The van der Waals surface area contributed by atoms with E-state index in [1.807, 2.05) is 6.07 Å². The van der Waals surface area contributed by atoms with Gasteiger partial charge in [-0.1, -0.05) is 35.9 Å². The smallest absolute Gasteiger partial charge is 0.475 e. The third kappa shape index (κ3) is 7.96. The molecule has 1 aliphatic heterocycles. The maximum atomic E-state index is 12.2. The van der Waals surface area contributed by atoms with Crippen molar-refractivity contribution in [1.82, 2.24) is 10.0 Å². The summed E-state index contributed by atoms with van der Waals surface area (Å²) in [6.07, 6.45) is -3.13. The fourth-order valence-corrected chi connectivity index (χ4v) is 5.42. The Morgan fingerprint density at radius 2 is 1.75 bits per heavy atom. The Hall–Kier alpha value is -1.79. The van der Waals surface area contributed by atoms with Gasteiger partial charge in [-0.05, 0) is 55.3 Å². The number of benzene rings is 2. The average Bonchev–Trinajstić information content (AvgIpc) is 2.98. The summed E-state index contributed by atoms with van der Waals surface area (Å²) in [6.45, 7) is 2.29. The first kappa shape index (κ1) is 26.5. The number of halogens is 4. The zero-order chi connectivity index (χ0) is 23.8. The molecule has 0 fully saturated rings. The standard InChI is InChI=1S/C18H21ClN2O2S2.C2HF3O2/c19-17-7-6-14-8-10-20-11-9-16(14)18(17)24-13-12-21-25(22,23)15-4-2-1-3-5-15;3-2(4,5)1(6)7/h1-7,20-21H,8-13H2;(H,6,7). The number of fused-ring (bicyclic) bond motifs is 1. The normalized spacial score (nSPS) is 14.0. The number of carbonyl (C=O) groups is 1. The van der Waals surface area contributed by atoms with E-state index < -0.39 is 22.2 Å². The molecule has 176 valence electrons. The van der Waals surface area contributed by atoms with Crippen molar-refractivity contribution in [1.29, 1.82) is 0 Å². The second kappa shape index (κ2) is 11.9. The molecule has 0 saturated heterocycles. The summed E-state index contributed by atoms with van der Waals surface area (Å²) in [5, 5.41) is 11.3. The van der Waals surface area contributed by atoms with Crippen LogP contribution < -0.4 is 10.0 Å². The monoisotopic (exact) mass is 510 g/mol. The zero-order valence-corrected chi connectivity index (χ0v) is 19.2. The van der Waals surface area contributed by atoms with Gasteiger partial charge < -0.3 is 10.4 Å². The lowest BCUT2D eigenvalue weighted by Gasteiger charge is -2.14. The van der Waals surface area contributed by atoms with Crippen molar-refractivity contribution in [2.45, 2.75) is 28.8 Å². The van der Waals surface area contributed by atoms with Gasteiger partial charge in [-0.2, -0.15) is 13.2 Å². The van der Waals surface area contributed by atoms with Crippen LogP contribution in [0.4, 0.5) is 13.2 Å². The van der Waals surface area contributed by atoms with Crippen LogP contribution in [-0.4, -0.2) is 51.1 Å². The fraction of sp³-hybridized carbons (Fsp3) is 0.350. The van der Waals surface area contributed by atoms with Gasteiger partial charge in [0.1, 0.15) is 0 Å². The molecule has 0 unspecified atom stereocenters. The quantitative estimate of drug-likeness (QED) is 0.405. The SMILES string of the molecule is O=C(O)C(F)(F)F.O=S(=O)(NCCSc1c(Cl)ccc2c1CCNCC2)c1ccccc1. The second-order valence-electron chi connectivity index (χ2n) is 6.63. The van der Waals surface area contributed by atoms with E-state index in [9.17, 15) is 21.6 Å². The number of hydrogen-bond donors (Lipinski definition) is 3. The Bertz CT molecular complexity index is 1020. The first-order valence-electron chi connectivity index (χ1n) is 9.51. The Morgan fingerprint density at radius 1 is 1.12 bits per heavy atom. The first-order valence-corrected chi connectivity index (χ1v) is 12.4. The molecule has 0 atom stereocenters. The molecule has 0 spiro atoms. The number of hydrogen-bond acceptors (Lipinski definition) is 5. The molecule has 0 bridgehead atoms. The molecule has 6 nitrogen and oxygen atoms in total. The summed E-state index contributed by atoms with van der Waals surface area (Å²) >= 11 is 8.02. The molecule has 32 heavy (non-hydrogen) atoms. The topological polar surface area (TPSA) is 95.5 Å². The van der Waals surface area contributed by atoms with Crippen LogP contribution in [0.25, 0.3) is 0 Å². The van der Waals surface area contributed by atoms with Crippen molar-refractivity contribution in [2.24, 2.45) is 0 Å². The molecule has 3 N–H and O–H groups in total. The van der Waals surface area contributed by atoms with E-state index in [-0.39, 0.29) is 4.90 Å². The van der Waals surface area contributed by atoms with Gasteiger partial charge in [-0.15, -0.1) is 11.8 Å². The number of rotatable bonds is 6. The maximum Gasteiger partial charge on any atom is 0.490 e. The fourth-order valence-electron chi connectivity index (χ4n) is 2.88. The predicted molar refractivity (Wildman–Crippen MR) is 118 cm³/mol. The number of sulfonamides is 1. The minimum atomic E-state index is -5.08. The highest BCUT2D eigenvalue weighted by molar-refractivity contribution is 7.99. The second-order valence-corrected chi connectivity index (χ2v) is 9.91. The van der Waals surface area contributed by atoms with Gasteiger partial charge in [-0.25, -0.2) is 17.9 Å². The molecule has 0 amide bonds. The number of thioether (sulfide) groups is 1. The summed E-state index contributed by atoms with van der Waals surface area (Å²) in [6, 6.07) is 12.5. The molecule has 2 aromatic carbocycles. The highest BCUT2D eigenvalue weighted by atomic mass is 35.5. The molecule has 1 aliphatic rings. The Balaban J connectivity index is 0.000000451. The van der Waals surface area contributed by atoms with E-state index in [0.29, 0.717) is 12.3 Å². The van der Waals surface area contributed by atoms with Crippen LogP contribution >= 0.6 is 23.4 Å². The van der Waals surface area contributed by atoms with E-state index in [1.165, 1.54) is 11.1 Å². The maximum absolute atomic E-state index is 12.2. The highest BCUT2D eigenvalue weighted by Gasteiger charge is 2.38. The minimum absolute atomic E-state index is 0.290. The van der Waals surface area contributed by atoms with E-state index in [4.69, 9.17) is 21.5 Å². The van der Waals surface area contributed by atoms with Crippen molar-refractivity contribution >= 4 is 39.4 Å². The van der Waals surface area contributed by atoms with Gasteiger partial charge in [-0.3, -0.25) is 0 Å². The molecule has 12 heteroatoms. The molecule has 0 aromatic heterocycles. The molecule has 3 rings (SSSR count). The van der Waals surface area contributed by atoms with Gasteiger partial charge in [0, 0.05) is 17.2 Å². The molecule has 1 heterocycles. The van der Waals surface area contributed by atoms with Crippen molar-refractivity contribution in [3.63, 3.8) is 0 Å². The largest absolute Gasteiger partial charge is 0.490 e. The van der Waals surface area contributed by atoms with Crippen LogP contribution in [0.3, 0.4) is 0 Å². The van der Waals surface area contributed by atoms with Gasteiger partial charge in [0.05, 0.1) is 9.92 Å². The van der Waals surface area contributed by atoms with Gasteiger partial charge in [0.2, 0.25) is 10.0 Å². The van der Waals surface area contributed by atoms with Crippen molar-refractivity contribution < 1.29 is 31.5 Å². The molecule has 0 radical (unpaired) electrons.